The Kier molecular flexibility index (Phi) is 5.59. The molecule has 10 heteroatoms. The number of nitrogens with zero attached hydrogens (tertiary/aromatic N) is 1. The molecule has 0 radical (unpaired) electrons. The van der Waals surface area contributed by atoms with Gasteiger partial charge in [-0.25, -0.2) is 4.98 Å². The number of aromatic nitrogens is 2. The van der Waals surface area contributed by atoms with E-state index in [1.54, 1.807) is 24.3 Å². The maximum atomic E-state index is 12.2. The van der Waals surface area contributed by atoms with E-state index in [1.807, 2.05) is 0 Å². The number of carbonyl (C=O) groups excluding carboxylic acids is 1. The first-order chi connectivity index (χ1) is 13.3. The lowest BCUT2D eigenvalue weighted by Crippen LogP contribution is -2.20. The zero-order valence-electron chi connectivity index (χ0n) is 14.2. The molecule has 0 spiro atoms. The fourth-order valence-corrected chi connectivity index (χ4v) is 2.41. The van der Waals surface area contributed by atoms with Gasteiger partial charge in [-0.05, 0) is 24.3 Å². The Labute approximate surface area is 156 Å². The molecule has 3 rings (SSSR count). The van der Waals surface area contributed by atoms with Gasteiger partial charge >= 0.3 is 6.36 Å². The van der Waals surface area contributed by atoms with Gasteiger partial charge in [-0.2, -0.15) is 0 Å². The topological polar surface area (TPSA) is 93.3 Å². The zero-order valence-corrected chi connectivity index (χ0v) is 14.2. The van der Waals surface area contributed by atoms with Gasteiger partial charge in [0.05, 0.1) is 10.9 Å². The third-order valence-electron chi connectivity index (χ3n) is 3.49. The third-order valence-corrected chi connectivity index (χ3v) is 3.49. The minimum atomic E-state index is -4.82. The molecule has 0 aliphatic carbocycles. The van der Waals surface area contributed by atoms with Crippen molar-refractivity contribution in [1.82, 2.24) is 9.97 Å². The number of fused-ring (bicyclic) bond motifs is 1. The molecule has 0 saturated heterocycles. The maximum absolute atomic E-state index is 12.2. The normalized spacial score (nSPS) is 11.4. The van der Waals surface area contributed by atoms with Gasteiger partial charge in [0, 0.05) is 11.8 Å². The molecule has 0 unspecified atom stereocenters. The van der Waals surface area contributed by atoms with Crippen molar-refractivity contribution in [3.8, 4) is 5.75 Å². The van der Waals surface area contributed by atoms with Crippen LogP contribution in [0.15, 0.2) is 53.3 Å². The van der Waals surface area contributed by atoms with Gasteiger partial charge in [-0.1, -0.05) is 18.2 Å². The first-order valence-electron chi connectivity index (χ1n) is 8.01. The van der Waals surface area contributed by atoms with Gasteiger partial charge in [0.15, 0.2) is 0 Å². The molecule has 0 saturated carbocycles. The Hall–Kier alpha value is -3.40. The summed E-state index contributed by atoms with van der Waals surface area (Å²) < 4.78 is 45.7. The number of hydrogen-bond acceptors (Lipinski definition) is 5. The molecule has 0 fully saturated rings. The van der Waals surface area contributed by atoms with Gasteiger partial charge in [0.25, 0.3) is 5.56 Å². The standard InChI is InChI=1S/C18H14F3N3O4/c19-18(20,21)28-12-5-3-4-11(8-12)22-16(25)10-27-9-15-23-14-7-2-1-6-13(14)17(26)24-15/h1-8H,9-10H2,(H,22,25)(H,23,24,26). The maximum Gasteiger partial charge on any atom is 0.573 e. The number of benzene rings is 2. The number of rotatable bonds is 6. The van der Waals surface area contributed by atoms with Crippen LogP contribution < -0.4 is 15.6 Å². The molecule has 2 aromatic carbocycles. The van der Waals surface area contributed by atoms with E-state index in [9.17, 15) is 22.8 Å². The van der Waals surface area contributed by atoms with Gasteiger partial charge < -0.3 is 19.8 Å². The summed E-state index contributed by atoms with van der Waals surface area (Å²) in [6.45, 7) is -0.508. The SMILES string of the molecule is O=C(COCc1nc2ccccc2c(=O)[nH]1)Nc1cccc(OC(F)(F)F)c1. The highest BCUT2D eigenvalue weighted by atomic mass is 19.4. The van der Waals surface area contributed by atoms with Crippen LogP contribution in [0.5, 0.6) is 5.75 Å². The van der Waals surface area contributed by atoms with E-state index in [2.05, 4.69) is 20.0 Å². The Morgan fingerprint density at radius 2 is 1.93 bits per heavy atom. The lowest BCUT2D eigenvalue weighted by molar-refractivity contribution is -0.274. The summed E-state index contributed by atoms with van der Waals surface area (Å²) in [4.78, 5) is 30.6. The van der Waals surface area contributed by atoms with Gasteiger partial charge in [0.1, 0.15) is 24.8 Å². The van der Waals surface area contributed by atoms with Gasteiger partial charge in [0.2, 0.25) is 5.91 Å². The number of carbonyl (C=O) groups is 1. The van der Waals surface area contributed by atoms with Crippen molar-refractivity contribution in [2.75, 3.05) is 11.9 Å². The number of H-pyrrole nitrogens is 1. The smallest absolute Gasteiger partial charge is 0.406 e. The average molecular weight is 393 g/mol. The first-order valence-corrected chi connectivity index (χ1v) is 8.01. The molecule has 146 valence electrons. The van der Waals surface area contributed by atoms with Gasteiger partial charge in [-0.3, -0.25) is 9.59 Å². The molecule has 0 aliphatic heterocycles. The number of alkyl halides is 3. The van der Waals surface area contributed by atoms with Crippen molar-refractivity contribution in [2.24, 2.45) is 0 Å². The second-order valence-electron chi connectivity index (χ2n) is 5.65. The molecule has 7 nitrogen and oxygen atoms in total. The number of anilines is 1. The number of ether oxygens (including phenoxy) is 2. The number of hydrogen-bond donors (Lipinski definition) is 2. The molecular formula is C18H14F3N3O4. The Balaban J connectivity index is 1.55. The van der Waals surface area contributed by atoms with Crippen LogP contribution in [0, 0.1) is 0 Å². The third kappa shape index (κ3) is 5.30. The number of para-hydroxylation sites is 1. The Morgan fingerprint density at radius 3 is 2.71 bits per heavy atom. The Bertz CT molecular complexity index is 1050. The van der Waals surface area contributed by atoms with Crippen molar-refractivity contribution >= 4 is 22.5 Å². The molecule has 1 heterocycles. The minimum absolute atomic E-state index is 0.118. The summed E-state index contributed by atoms with van der Waals surface area (Å²) in [6.07, 6.45) is -4.82. The highest BCUT2D eigenvalue weighted by Crippen LogP contribution is 2.25. The van der Waals surface area contributed by atoms with E-state index in [-0.39, 0.29) is 30.3 Å². The summed E-state index contributed by atoms with van der Waals surface area (Å²) in [7, 11) is 0. The fraction of sp³-hybridized carbons (Fsp3) is 0.167. The summed E-state index contributed by atoms with van der Waals surface area (Å²) in [5, 5.41) is 2.83. The molecule has 28 heavy (non-hydrogen) atoms. The van der Waals surface area contributed by atoms with Crippen molar-refractivity contribution in [1.29, 1.82) is 0 Å². The monoisotopic (exact) mass is 393 g/mol. The van der Waals surface area contributed by atoms with Crippen LogP contribution in [0.25, 0.3) is 10.9 Å². The Morgan fingerprint density at radius 1 is 1.14 bits per heavy atom. The van der Waals surface area contributed by atoms with Crippen LogP contribution in [0.3, 0.4) is 0 Å². The second kappa shape index (κ2) is 8.09. The lowest BCUT2D eigenvalue weighted by atomic mass is 10.2. The molecule has 1 aromatic heterocycles. The van der Waals surface area contributed by atoms with Crippen LogP contribution in [-0.2, 0) is 16.1 Å². The summed E-state index contributed by atoms with van der Waals surface area (Å²) in [5.74, 6) is -0.798. The van der Waals surface area contributed by atoms with E-state index in [0.717, 1.165) is 12.1 Å². The predicted molar refractivity (Wildman–Crippen MR) is 93.8 cm³/mol. The minimum Gasteiger partial charge on any atom is -0.406 e. The highest BCUT2D eigenvalue weighted by Gasteiger charge is 2.31. The molecule has 0 atom stereocenters. The van der Waals surface area contributed by atoms with Crippen LogP contribution in [0.2, 0.25) is 0 Å². The first kappa shape index (κ1) is 19.4. The van der Waals surface area contributed by atoms with Crippen molar-refractivity contribution in [2.45, 2.75) is 13.0 Å². The van der Waals surface area contributed by atoms with E-state index in [4.69, 9.17) is 4.74 Å². The zero-order chi connectivity index (χ0) is 20.1. The van der Waals surface area contributed by atoms with Crippen molar-refractivity contribution in [3.05, 3.63) is 64.7 Å². The van der Waals surface area contributed by atoms with Gasteiger partial charge in [-0.15, -0.1) is 13.2 Å². The molecule has 0 bridgehead atoms. The second-order valence-corrected chi connectivity index (χ2v) is 5.65. The summed E-state index contributed by atoms with van der Waals surface area (Å²) >= 11 is 0. The lowest BCUT2D eigenvalue weighted by Gasteiger charge is -2.11. The molecular weight excluding hydrogens is 379 g/mol. The van der Waals surface area contributed by atoms with Crippen LogP contribution in [0.4, 0.5) is 18.9 Å². The van der Waals surface area contributed by atoms with E-state index < -0.39 is 18.0 Å². The number of aromatic amines is 1. The largest absolute Gasteiger partial charge is 0.573 e. The molecule has 2 N–H and O–H groups in total. The van der Waals surface area contributed by atoms with E-state index >= 15 is 0 Å². The number of amides is 1. The fourth-order valence-electron chi connectivity index (χ4n) is 2.41. The average Bonchev–Trinajstić information content (AvgIpc) is 2.60. The predicted octanol–water partition coefficient (Wildman–Crippen LogP) is 2.98. The number of halogens is 3. The summed E-state index contributed by atoms with van der Waals surface area (Å²) in [6, 6.07) is 11.6. The van der Waals surface area contributed by atoms with Crippen LogP contribution in [0.1, 0.15) is 5.82 Å². The van der Waals surface area contributed by atoms with E-state index in [0.29, 0.717) is 10.9 Å². The molecule has 1 amide bonds. The quantitative estimate of drug-likeness (QED) is 0.672. The summed E-state index contributed by atoms with van der Waals surface area (Å²) in [5.41, 5.74) is 0.290. The molecule has 0 aliphatic rings. The van der Waals surface area contributed by atoms with E-state index in [1.165, 1.54) is 12.1 Å². The highest BCUT2D eigenvalue weighted by molar-refractivity contribution is 5.91. The number of nitrogens with one attached hydrogen (secondary N) is 2. The molecule has 3 aromatic rings. The van der Waals surface area contributed by atoms with Crippen molar-refractivity contribution in [3.63, 3.8) is 0 Å². The van der Waals surface area contributed by atoms with Crippen LogP contribution in [-0.4, -0.2) is 28.8 Å². The van der Waals surface area contributed by atoms with Crippen molar-refractivity contribution < 1.29 is 27.4 Å². The van der Waals surface area contributed by atoms with Crippen LogP contribution >= 0.6 is 0 Å².